The van der Waals surface area contributed by atoms with E-state index in [9.17, 15) is 13.2 Å². The number of carbonyl (C=O) groups excluding carboxylic acids is 1. The normalized spacial score (nSPS) is 20.9. The van der Waals surface area contributed by atoms with E-state index in [4.69, 9.17) is 0 Å². The van der Waals surface area contributed by atoms with E-state index in [0.717, 1.165) is 18.4 Å². The van der Waals surface area contributed by atoms with Gasteiger partial charge in [0, 0.05) is 26.2 Å². The summed E-state index contributed by atoms with van der Waals surface area (Å²) < 4.78 is 27.2. The lowest BCUT2D eigenvalue weighted by atomic mass is 10.00. The second-order valence-electron chi connectivity index (χ2n) is 7.19. The van der Waals surface area contributed by atoms with Crippen molar-refractivity contribution < 1.29 is 13.2 Å². The standard InChI is InChI=1S/C21H24N2O3S/c24-21(20-12-11-17-7-4-5-10-19(17)20)22-13-6-14-23(16-15-22)27(25,26)18-8-2-1-3-9-18/h1-5,7-10,20H,6,11-16H2. The van der Waals surface area contributed by atoms with Crippen LogP contribution < -0.4 is 0 Å². The number of benzene rings is 2. The van der Waals surface area contributed by atoms with Crippen LogP contribution in [0.25, 0.3) is 0 Å². The Morgan fingerprint density at radius 1 is 0.889 bits per heavy atom. The van der Waals surface area contributed by atoms with Crippen LogP contribution in [-0.4, -0.2) is 49.7 Å². The summed E-state index contributed by atoms with van der Waals surface area (Å²) in [5.41, 5.74) is 2.40. The zero-order chi connectivity index (χ0) is 18.9. The molecule has 2 aromatic rings. The Morgan fingerprint density at radius 3 is 2.44 bits per heavy atom. The smallest absolute Gasteiger partial charge is 0.243 e. The molecule has 0 N–H and O–H groups in total. The number of rotatable bonds is 3. The largest absolute Gasteiger partial charge is 0.341 e. The second kappa shape index (κ2) is 7.44. The molecule has 4 rings (SSSR count). The molecule has 27 heavy (non-hydrogen) atoms. The van der Waals surface area contributed by atoms with Crippen LogP contribution in [0.15, 0.2) is 59.5 Å². The molecule has 1 aliphatic heterocycles. The summed E-state index contributed by atoms with van der Waals surface area (Å²) in [6.45, 7) is 1.85. The number of amides is 1. The van der Waals surface area contributed by atoms with Gasteiger partial charge in [0.1, 0.15) is 0 Å². The lowest BCUT2D eigenvalue weighted by Gasteiger charge is -2.25. The lowest BCUT2D eigenvalue weighted by Crippen LogP contribution is -2.39. The fourth-order valence-corrected chi connectivity index (χ4v) is 5.62. The molecule has 0 radical (unpaired) electrons. The van der Waals surface area contributed by atoms with Gasteiger partial charge < -0.3 is 4.90 Å². The van der Waals surface area contributed by atoms with E-state index in [1.54, 1.807) is 30.3 Å². The van der Waals surface area contributed by atoms with Crippen LogP contribution in [0, 0.1) is 0 Å². The van der Waals surface area contributed by atoms with Crippen LogP contribution in [0.1, 0.15) is 29.9 Å². The molecule has 6 heteroatoms. The summed E-state index contributed by atoms with van der Waals surface area (Å²) in [6, 6.07) is 16.7. The molecule has 1 fully saturated rings. The van der Waals surface area contributed by atoms with E-state index in [2.05, 4.69) is 12.1 Å². The van der Waals surface area contributed by atoms with Crippen molar-refractivity contribution in [2.45, 2.75) is 30.1 Å². The summed E-state index contributed by atoms with van der Waals surface area (Å²) in [7, 11) is -3.51. The van der Waals surface area contributed by atoms with Gasteiger partial charge in [-0.15, -0.1) is 0 Å². The van der Waals surface area contributed by atoms with Crippen LogP contribution in [0.2, 0.25) is 0 Å². The van der Waals surface area contributed by atoms with Gasteiger partial charge in [0.25, 0.3) is 0 Å². The summed E-state index contributed by atoms with van der Waals surface area (Å²) >= 11 is 0. The number of fused-ring (bicyclic) bond motifs is 1. The van der Waals surface area contributed by atoms with Crippen LogP contribution in [0.3, 0.4) is 0 Å². The van der Waals surface area contributed by atoms with Crippen molar-refractivity contribution >= 4 is 15.9 Å². The molecular weight excluding hydrogens is 360 g/mol. The van der Waals surface area contributed by atoms with E-state index in [1.807, 2.05) is 17.0 Å². The average Bonchev–Trinajstić information content (AvgIpc) is 2.96. The molecule has 1 amide bonds. The van der Waals surface area contributed by atoms with Crippen LogP contribution in [0.5, 0.6) is 0 Å². The van der Waals surface area contributed by atoms with E-state index >= 15 is 0 Å². The monoisotopic (exact) mass is 384 g/mol. The molecule has 1 aliphatic carbocycles. The molecule has 2 aromatic carbocycles. The second-order valence-corrected chi connectivity index (χ2v) is 9.12. The first-order chi connectivity index (χ1) is 13.1. The minimum atomic E-state index is -3.51. The Hall–Kier alpha value is -2.18. The van der Waals surface area contributed by atoms with E-state index in [0.29, 0.717) is 37.5 Å². The molecule has 0 bridgehead atoms. The maximum Gasteiger partial charge on any atom is 0.243 e. The molecule has 0 aromatic heterocycles. The third-order valence-electron chi connectivity index (χ3n) is 5.58. The highest BCUT2D eigenvalue weighted by atomic mass is 32.2. The van der Waals surface area contributed by atoms with Gasteiger partial charge in [-0.3, -0.25) is 4.79 Å². The molecule has 5 nitrogen and oxygen atoms in total. The fourth-order valence-electron chi connectivity index (χ4n) is 4.13. The number of nitrogens with zero attached hydrogens (tertiary/aromatic N) is 2. The first-order valence-corrected chi connectivity index (χ1v) is 10.9. The van der Waals surface area contributed by atoms with Crippen LogP contribution >= 0.6 is 0 Å². The molecule has 1 heterocycles. The highest BCUT2D eigenvalue weighted by Crippen LogP contribution is 2.34. The Kier molecular flexibility index (Phi) is 5.02. The predicted molar refractivity (Wildman–Crippen MR) is 104 cm³/mol. The first-order valence-electron chi connectivity index (χ1n) is 9.49. The zero-order valence-corrected chi connectivity index (χ0v) is 16.1. The van der Waals surface area contributed by atoms with Crippen LogP contribution in [0.4, 0.5) is 0 Å². The minimum Gasteiger partial charge on any atom is -0.341 e. The number of carbonyl (C=O) groups is 1. The van der Waals surface area contributed by atoms with Crippen molar-refractivity contribution in [2.24, 2.45) is 0 Å². The van der Waals surface area contributed by atoms with Crippen molar-refractivity contribution in [3.63, 3.8) is 0 Å². The molecule has 1 unspecified atom stereocenters. The Morgan fingerprint density at radius 2 is 1.63 bits per heavy atom. The van der Waals surface area contributed by atoms with Crippen molar-refractivity contribution in [3.8, 4) is 0 Å². The van der Waals surface area contributed by atoms with Gasteiger partial charge in [-0.25, -0.2) is 8.42 Å². The van der Waals surface area contributed by atoms with Gasteiger partial charge in [-0.1, -0.05) is 42.5 Å². The molecule has 142 valence electrons. The van der Waals surface area contributed by atoms with Gasteiger partial charge in [-0.05, 0) is 42.5 Å². The Balaban J connectivity index is 1.47. The third kappa shape index (κ3) is 3.51. The maximum absolute atomic E-state index is 13.1. The summed E-state index contributed by atoms with van der Waals surface area (Å²) in [6.07, 6.45) is 2.45. The van der Waals surface area contributed by atoms with Crippen molar-refractivity contribution in [1.29, 1.82) is 0 Å². The number of sulfonamides is 1. The number of hydrogen-bond acceptors (Lipinski definition) is 3. The first kappa shape index (κ1) is 18.2. The highest BCUT2D eigenvalue weighted by molar-refractivity contribution is 7.89. The summed E-state index contributed by atoms with van der Waals surface area (Å²) in [5, 5.41) is 0. The van der Waals surface area contributed by atoms with E-state index in [1.165, 1.54) is 9.87 Å². The number of hydrogen-bond donors (Lipinski definition) is 0. The summed E-state index contributed by atoms with van der Waals surface area (Å²) in [4.78, 5) is 15.3. The van der Waals surface area contributed by atoms with Crippen molar-refractivity contribution in [2.75, 3.05) is 26.2 Å². The molecule has 2 aliphatic rings. The van der Waals surface area contributed by atoms with Gasteiger partial charge in [0.05, 0.1) is 10.8 Å². The average molecular weight is 385 g/mol. The molecule has 0 saturated carbocycles. The van der Waals surface area contributed by atoms with Gasteiger partial charge in [0.15, 0.2) is 0 Å². The summed E-state index contributed by atoms with van der Waals surface area (Å²) in [5.74, 6) is 0.0531. The molecule has 1 saturated heterocycles. The maximum atomic E-state index is 13.1. The molecule has 0 spiro atoms. The van der Waals surface area contributed by atoms with Crippen LogP contribution in [-0.2, 0) is 21.2 Å². The van der Waals surface area contributed by atoms with Crippen molar-refractivity contribution in [1.82, 2.24) is 9.21 Å². The lowest BCUT2D eigenvalue weighted by molar-refractivity contribution is -0.132. The van der Waals surface area contributed by atoms with Gasteiger partial charge >= 0.3 is 0 Å². The predicted octanol–water partition coefficient (Wildman–Crippen LogP) is 2.64. The number of aryl methyl sites for hydroxylation is 1. The third-order valence-corrected chi connectivity index (χ3v) is 7.49. The van der Waals surface area contributed by atoms with E-state index in [-0.39, 0.29) is 11.8 Å². The Bertz CT molecular complexity index is 927. The topological polar surface area (TPSA) is 57.7 Å². The zero-order valence-electron chi connectivity index (χ0n) is 15.3. The fraction of sp³-hybridized carbons (Fsp3) is 0.381. The van der Waals surface area contributed by atoms with E-state index < -0.39 is 10.0 Å². The highest BCUT2D eigenvalue weighted by Gasteiger charge is 2.34. The van der Waals surface area contributed by atoms with Gasteiger partial charge in [-0.2, -0.15) is 4.31 Å². The Labute approximate surface area is 160 Å². The van der Waals surface area contributed by atoms with Crippen molar-refractivity contribution in [3.05, 3.63) is 65.7 Å². The minimum absolute atomic E-state index is 0.0847. The quantitative estimate of drug-likeness (QED) is 0.817. The molecule has 1 atom stereocenters. The van der Waals surface area contributed by atoms with Gasteiger partial charge in [0.2, 0.25) is 15.9 Å². The molecular formula is C21H24N2O3S. The SMILES string of the molecule is O=C(C1CCc2ccccc21)N1CCCN(S(=O)(=O)c2ccccc2)CC1.